The molecule has 1 aromatic rings. The number of hydrogen-bond donors (Lipinski definition) is 2. The molecule has 1 amide bonds. The Morgan fingerprint density at radius 3 is 2.75 bits per heavy atom. The van der Waals surface area contributed by atoms with E-state index in [0.29, 0.717) is 16.5 Å². The largest absolute Gasteiger partial charge is 0.370 e. The summed E-state index contributed by atoms with van der Waals surface area (Å²) < 4.78 is 0. The van der Waals surface area contributed by atoms with Crippen molar-refractivity contribution >= 4 is 23.3 Å². The quantitative estimate of drug-likeness (QED) is 0.818. The van der Waals surface area contributed by atoms with Crippen LogP contribution < -0.4 is 10.6 Å². The van der Waals surface area contributed by atoms with Gasteiger partial charge in [-0.25, -0.2) is 4.98 Å². The van der Waals surface area contributed by atoms with Gasteiger partial charge in [0.05, 0.1) is 0 Å². The first-order chi connectivity index (χ1) is 9.52. The van der Waals surface area contributed by atoms with Gasteiger partial charge in [-0.2, -0.15) is 0 Å². The Balaban J connectivity index is 2.01. The maximum atomic E-state index is 12.2. The molecular weight excluding hydrogens is 274 g/mol. The van der Waals surface area contributed by atoms with Crippen molar-refractivity contribution in [1.29, 1.82) is 0 Å². The van der Waals surface area contributed by atoms with E-state index in [-0.39, 0.29) is 11.3 Å². The highest BCUT2D eigenvalue weighted by Gasteiger charge is 2.29. The van der Waals surface area contributed by atoms with Crippen LogP contribution in [0.2, 0.25) is 5.15 Å². The Bertz CT molecular complexity index is 484. The summed E-state index contributed by atoms with van der Waals surface area (Å²) in [5.74, 6) is 0.554. The molecule has 1 heterocycles. The normalized spacial score (nSPS) is 16.9. The zero-order valence-corrected chi connectivity index (χ0v) is 12.9. The van der Waals surface area contributed by atoms with E-state index in [1.54, 1.807) is 12.1 Å². The second kappa shape index (κ2) is 6.44. The number of amides is 1. The van der Waals surface area contributed by atoms with E-state index < -0.39 is 0 Å². The van der Waals surface area contributed by atoms with Gasteiger partial charge >= 0.3 is 0 Å². The van der Waals surface area contributed by atoms with Crippen molar-refractivity contribution < 1.29 is 4.79 Å². The number of halogens is 1. The molecule has 1 fully saturated rings. The summed E-state index contributed by atoms with van der Waals surface area (Å²) in [5, 5.41) is 6.43. The molecule has 1 saturated carbocycles. The first-order valence-corrected chi connectivity index (χ1v) is 7.60. The lowest BCUT2D eigenvalue weighted by atomic mass is 9.89. The summed E-state index contributed by atoms with van der Waals surface area (Å²) in [6, 6.07) is 3.34. The van der Waals surface area contributed by atoms with Crippen LogP contribution in [-0.4, -0.2) is 24.0 Å². The van der Waals surface area contributed by atoms with Crippen LogP contribution in [-0.2, 0) is 0 Å². The number of carbonyl (C=O) groups is 1. The number of rotatable bonds is 5. The molecule has 0 radical (unpaired) electrons. The van der Waals surface area contributed by atoms with Crippen molar-refractivity contribution in [3.8, 4) is 0 Å². The maximum Gasteiger partial charge on any atom is 0.251 e. The fourth-order valence-electron chi connectivity index (χ4n) is 2.70. The summed E-state index contributed by atoms with van der Waals surface area (Å²) in [5.41, 5.74) is 0.805. The molecule has 1 aliphatic carbocycles. The molecule has 0 unspecified atom stereocenters. The lowest BCUT2D eigenvalue weighted by Crippen LogP contribution is -2.34. The van der Waals surface area contributed by atoms with Crippen LogP contribution in [0.15, 0.2) is 12.1 Å². The molecule has 4 nitrogen and oxygen atoms in total. The van der Waals surface area contributed by atoms with Crippen LogP contribution >= 0.6 is 11.6 Å². The molecule has 1 aromatic heterocycles. The summed E-state index contributed by atoms with van der Waals surface area (Å²) in [6.07, 6.45) is 4.90. The molecule has 2 N–H and O–H groups in total. The predicted molar refractivity (Wildman–Crippen MR) is 82.3 cm³/mol. The van der Waals surface area contributed by atoms with E-state index in [4.69, 9.17) is 11.6 Å². The van der Waals surface area contributed by atoms with Gasteiger partial charge in [-0.05, 0) is 37.3 Å². The Kier molecular flexibility index (Phi) is 4.86. The lowest BCUT2D eigenvalue weighted by Gasteiger charge is -2.23. The molecule has 0 atom stereocenters. The second-order valence-electron chi connectivity index (χ2n) is 5.79. The Labute approximate surface area is 125 Å². The Morgan fingerprint density at radius 2 is 2.10 bits per heavy atom. The van der Waals surface area contributed by atoms with Crippen LogP contribution in [0, 0.1) is 5.41 Å². The van der Waals surface area contributed by atoms with Crippen LogP contribution in [0.1, 0.15) is 49.9 Å². The molecule has 0 aromatic carbocycles. The average molecular weight is 296 g/mol. The van der Waals surface area contributed by atoms with Gasteiger partial charge in [-0.1, -0.05) is 31.4 Å². The van der Waals surface area contributed by atoms with Crippen LogP contribution in [0.4, 0.5) is 5.82 Å². The first-order valence-electron chi connectivity index (χ1n) is 7.22. The number of pyridine rings is 1. The van der Waals surface area contributed by atoms with Gasteiger partial charge in [0.2, 0.25) is 0 Å². The molecule has 0 saturated heterocycles. The first kappa shape index (κ1) is 15.1. The number of aromatic nitrogens is 1. The number of anilines is 1. The van der Waals surface area contributed by atoms with Gasteiger partial charge < -0.3 is 10.6 Å². The third kappa shape index (κ3) is 3.85. The number of hydrogen-bond acceptors (Lipinski definition) is 3. The lowest BCUT2D eigenvalue weighted by molar-refractivity contribution is 0.0934. The topological polar surface area (TPSA) is 54.0 Å². The molecular formula is C15H22ClN3O. The predicted octanol–water partition coefficient (Wildman–Crippen LogP) is 3.48. The van der Waals surface area contributed by atoms with Crippen LogP contribution in [0.25, 0.3) is 0 Å². The van der Waals surface area contributed by atoms with Crippen molar-refractivity contribution in [3.05, 3.63) is 22.8 Å². The number of nitrogens with zero attached hydrogens (tertiary/aromatic N) is 1. The van der Waals surface area contributed by atoms with E-state index in [9.17, 15) is 4.79 Å². The van der Waals surface area contributed by atoms with Crippen molar-refractivity contribution in [1.82, 2.24) is 10.3 Å². The summed E-state index contributed by atoms with van der Waals surface area (Å²) >= 11 is 5.95. The zero-order chi connectivity index (χ0) is 14.6. The fraction of sp³-hybridized carbons (Fsp3) is 0.600. The highest BCUT2D eigenvalue weighted by molar-refractivity contribution is 6.29. The highest BCUT2D eigenvalue weighted by Crippen LogP contribution is 2.36. The van der Waals surface area contributed by atoms with E-state index in [0.717, 1.165) is 13.1 Å². The SMILES string of the molecule is CCNc1cc(C(=O)NCC2(C)CCCC2)cc(Cl)n1. The van der Waals surface area contributed by atoms with E-state index in [2.05, 4.69) is 22.5 Å². The Hall–Kier alpha value is -1.29. The summed E-state index contributed by atoms with van der Waals surface area (Å²) in [4.78, 5) is 16.4. The van der Waals surface area contributed by atoms with Crippen molar-refractivity contribution in [2.24, 2.45) is 5.41 Å². The zero-order valence-electron chi connectivity index (χ0n) is 12.1. The molecule has 0 bridgehead atoms. The van der Waals surface area contributed by atoms with Crippen molar-refractivity contribution in [2.75, 3.05) is 18.4 Å². The molecule has 1 aliphatic rings. The summed E-state index contributed by atoms with van der Waals surface area (Å²) in [6.45, 7) is 5.68. The minimum atomic E-state index is -0.0819. The molecule has 0 aliphatic heterocycles. The third-order valence-electron chi connectivity index (χ3n) is 3.90. The minimum absolute atomic E-state index is 0.0819. The summed E-state index contributed by atoms with van der Waals surface area (Å²) in [7, 11) is 0. The molecule has 110 valence electrons. The molecule has 2 rings (SSSR count). The molecule has 0 spiro atoms. The van der Waals surface area contributed by atoms with Crippen LogP contribution in [0.3, 0.4) is 0 Å². The van der Waals surface area contributed by atoms with Crippen molar-refractivity contribution in [2.45, 2.75) is 39.5 Å². The van der Waals surface area contributed by atoms with Gasteiger partial charge in [-0.3, -0.25) is 4.79 Å². The van der Waals surface area contributed by atoms with Crippen molar-refractivity contribution in [3.63, 3.8) is 0 Å². The van der Waals surface area contributed by atoms with E-state index >= 15 is 0 Å². The number of nitrogens with one attached hydrogen (secondary N) is 2. The standard InChI is InChI=1S/C15H22ClN3O/c1-3-17-13-9-11(8-12(16)19-13)14(20)18-10-15(2)6-4-5-7-15/h8-9H,3-7,10H2,1-2H3,(H,17,19)(H,18,20). The molecule has 5 heteroatoms. The third-order valence-corrected chi connectivity index (χ3v) is 4.09. The second-order valence-corrected chi connectivity index (χ2v) is 6.18. The Morgan fingerprint density at radius 1 is 1.40 bits per heavy atom. The maximum absolute atomic E-state index is 12.2. The van der Waals surface area contributed by atoms with E-state index in [1.807, 2.05) is 6.92 Å². The minimum Gasteiger partial charge on any atom is -0.370 e. The van der Waals surface area contributed by atoms with E-state index in [1.165, 1.54) is 25.7 Å². The van der Waals surface area contributed by atoms with Gasteiger partial charge in [0.15, 0.2) is 0 Å². The van der Waals surface area contributed by atoms with Gasteiger partial charge in [0.25, 0.3) is 5.91 Å². The average Bonchev–Trinajstić information content (AvgIpc) is 2.83. The van der Waals surface area contributed by atoms with Crippen LogP contribution in [0.5, 0.6) is 0 Å². The smallest absolute Gasteiger partial charge is 0.251 e. The fourth-order valence-corrected chi connectivity index (χ4v) is 2.91. The monoisotopic (exact) mass is 295 g/mol. The van der Waals surface area contributed by atoms with Gasteiger partial charge in [0, 0.05) is 18.7 Å². The van der Waals surface area contributed by atoms with Gasteiger partial charge in [-0.15, -0.1) is 0 Å². The number of carbonyl (C=O) groups excluding carboxylic acids is 1. The van der Waals surface area contributed by atoms with Gasteiger partial charge in [0.1, 0.15) is 11.0 Å². The highest BCUT2D eigenvalue weighted by atomic mass is 35.5. The molecule has 20 heavy (non-hydrogen) atoms.